The number of fused-ring (bicyclic) bond motifs is 1. The predicted octanol–water partition coefficient (Wildman–Crippen LogP) is 4.01. The number of aryl methyl sites for hydroxylation is 2. The Hall–Kier alpha value is -3.35. The van der Waals surface area contributed by atoms with Gasteiger partial charge in [-0.1, -0.05) is 18.9 Å². The van der Waals surface area contributed by atoms with Gasteiger partial charge in [-0.05, 0) is 62.1 Å². The van der Waals surface area contributed by atoms with Crippen LogP contribution in [0.1, 0.15) is 63.6 Å². The summed E-state index contributed by atoms with van der Waals surface area (Å²) in [5, 5.41) is 12.1. The minimum atomic E-state index is -1.04. The molecule has 3 aromatic rings. The molecule has 0 bridgehead atoms. The van der Waals surface area contributed by atoms with Gasteiger partial charge in [0, 0.05) is 17.3 Å². The SMILES string of the molecule is Cc1cc(C)c(C(=O)O)cc1NC(=O)c1ccc2c(c1)[nH]c(=O)n2C1CCCC1. The van der Waals surface area contributed by atoms with Crippen LogP contribution in [0.3, 0.4) is 0 Å². The number of anilines is 1. The van der Waals surface area contributed by atoms with Crippen LogP contribution in [0, 0.1) is 13.8 Å². The first-order valence-electron chi connectivity index (χ1n) is 9.75. The summed E-state index contributed by atoms with van der Waals surface area (Å²) >= 11 is 0. The van der Waals surface area contributed by atoms with Crippen LogP contribution in [0.25, 0.3) is 11.0 Å². The molecule has 4 rings (SSSR count). The monoisotopic (exact) mass is 393 g/mol. The molecule has 0 saturated heterocycles. The van der Waals surface area contributed by atoms with Crippen LogP contribution in [0.2, 0.25) is 0 Å². The minimum absolute atomic E-state index is 0.148. The Labute approximate surface area is 167 Å². The van der Waals surface area contributed by atoms with Crippen molar-refractivity contribution < 1.29 is 14.7 Å². The van der Waals surface area contributed by atoms with Gasteiger partial charge >= 0.3 is 11.7 Å². The maximum atomic E-state index is 12.8. The molecule has 150 valence electrons. The predicted molar refractivity (Wildman–Crippen MR) is 111 cm³/mol. The van der Waals surface area contributed by atoms with Crippen molar-refractivity contribution in [3.63, 3.8) is 0 Å². The molecule has 0 atom stereocenters. The molecule has 29 heavy (non-hydrogen) atoms. The molecule has 1 heterocycles. The number of amides is 1. The minimum Gasteiger partial charge on any atom is -0.478 e. The molecule has 7 heteroatoms. The lowest BCUT2D eigenvalue weighted by Crippen LogP contribution is -2.20. The molecule has 1 fully saturated rings. The van der Waals surface area contributed by atoms with E-state index < -0.39 is 5.97 Å². The molecule has 0 spiro atoms. The van der Waals surface area contributed by atoms with Gasteiger partial charge in [-0.2, -0.15) is 0 Å². The second-order valence-electron chi connectivity index (χ2n) is 7.71. The van der Waals surface area contributed by atoms with Gasteiger partial charge in [0.2, 0.25) is 0 Å². The molecule has 1 amide bonds. The Kier molecular flexibility index (Phi) is 4.74. The van der Waals surface area contributed by atoms with E-state index >= 15 is 0 Å². The van der Waals surface area contributed by atoms with Crippen molar-refractivity contribution >= 4 is 28.6 Å². The molecule has 1 aliphatic rings. The van der Waals surface area contributed by atoms with E-state index in [0.29, 0.717) is 22.3 Å². The summed E-state index contributed by atoms with van der Waals surface area (Å²) in [4.78, 5) is 39.4. The number of carbonyl (C=O) groups is 2. The number of aromatic nitrogens is 2. The molecule has 1 aliphatic carbocycles. The number of hydrogen-bond acceptors (Lipinski definition) is 3. The third-order valence-corrected chi connectivity index (χ3v) is 5.72. The highest BCUT2D eigenvalue weighted by Crippen LogP contribution is 2.31. The number of aromatic amines is 1. The van der Waals surface area contributed by atoms with E-state index in [1.807, 2.05) is 6.92 Å². The number of aromatic carboxylic acids is 1. The number of hydrogen-bond donors (Lipinski definition) is 3. The van der Waals surface area contributed by atoms with Gasteiger partial charge in [0.15, 0.2) is 0 Å². The second-order valence-corrected chi connectivity index (χ2v) is 7.71. The molecule has 7 nitrogen and oxygen atoms in total. The Morgan fingerprint density at radius 2 is 1.83 bits per heavy atom. The molecule has 0 aliphatic heterocycles. The van der Waals surface area contributed by atoms with Crippen LogP contribution in [0.5, 0.6) is 0 Å². The van der Waals surface area contributed by atoms with Gasteiger partial charge in [-0.25, -0.2) is 9.59 Å². The third-order valence-electron chi connectivity index (χ3n) is 5.72. The molecular weight excluding hydrogens is 370 g/mol. The summed E-state index contributed by atoms with van der Waals surface area (Å²) in [7, 11) is 0. The topological polar surface area (TPSA) is 104 Å². The molecular formula is C22H23N3O4. The number of benzene rings is 2. The number of nitrogens with one attached hydrogen (secondary N) is 2. The van der Waals surface area contributed by atoms with Crippen molar-refractivity contribution in [2.75, 3.05) is 5.32 Å². The average molecular weight is 393 g/mol. The number of carbonyl (C=O) groups excluding carboxylic acids is 1. The zero-order valence-corrected chi connectivity index (χ0v) is 16.4. The highest BCUT2D eigenvalue weighted by Gasteiger charge is 2.22. The van der Waals surface area contributed by atoms with Crippen LogP contribution >= 0.6 is 0 Å². The maximum Gasteiger partial charge on any atom is 0.336 e. The molecule has 1 saturated carbocycles. The Morgan fingerprint density at radius 3 is 2.52 bits per heavy atom. The first kappa shape index (κ1) is 19.0. The van der Waals surface area contributed by atoms with Crippen LogP contribution in [-0.2, 0) is 0 Å². The van der Waals surface area contributed by atoms with Crippen molar-refractivity contribution in [2.24, 2.45) is 0 Å². The summed E-state index contributed by atoms with van der Waals surface area (Å²) in [5.41, 5.74) is 3.70. The fraction of sp³-hybridized carbons (Fsp3) is 0.318. The summed E-state index contributed by atoms with van der Waals surface area (Å²) in [5.74, 6) is -1.39. The number of nitrogens with zero attached hydrogens (tertiary/aromatic N) is 1. The first-order chi connectivity index (χ1) is 13.8. The third kappa shape index (κ3) is 3.44. The standard InChI is InChI=1S/C22H23N3O4/c1-12-9-13(2)17(11-16(12)21(27)28)23-20(26)14-7-8-19-18(10-14)24-22(29)25(19)15-5-3-4-6-15/h7-11,15H,3-6H2,1-2H3,(H,23,26)(H,24,29)(H,27,28). The number of imidazole rings is 1. The van der Waals surface area contributed by atoms with Gasteiger partial charge < -0.3 is 15.4 Å². The van der Waals surface area contributed by atoms with Crippen molar-refractivity contribution in [3.05, 3.63) is 63.1 Å². The van der Waals surface area contributed by atoms with E-state index in [-0.39, 0.29) is 23.2 Å². The van der Waals surface area contributed by atoms with Crippen molar-refractivity contribution in [1.29, 1.82) is 0 Å². The van der Waals surface area contributed by atoms with E-state index in [4.69, 9.17) is 0 Å². The number of H-pyrrole nitrogens is 1. The quantitative estimate of drug-likeness (QED) is 0.623. The van der Waals surface area contributed by atoms with E-state index in [9.17, 15) is 19.5 Å². The zero-order chi connectivity index (χ0) is 20.7. The van der Waals surface area contributed by atoms with Crippen molar-refractivity contribution in [2.45, 2.75) is 45.6 Å². The molecule has 0 unspecified atom stereocenters. The van der Waals surface area contributed by atoms with E-state index in [1.54, 1.807) is 35.8 Å². The number of carboxylic acids is 1. The molecule has 0 radical (unpaired) electrons. The summed E-state index contributed by atoms with van der Waals surface area (Å²) < 4.78 is 1.80. The fourth-order valence-electron chi connectivity index (χ4n) is 4.21. The Morgan fingerprint density at radius 1 is 1.10 bits per heavy atom. The highest BCUT2D eigenvalue weighted by molar-refractivity contribution is 6.07. The largest absolute Gasteiger partial charge is 0.478 e. The van der Waals surface area contributed by atoms with Crippen molar-refractivity contribution in [1.82, 2.24) is 9.55 Å². The van der Waals surface area contributed by atoms with Gasteiger partial charge in [-0.3, -0.25) is 9.36 Å². The highest BCUT2D eigenvalue weighted by atomic mass is 16.4. The molecule has 1 aromatic heterocycles. The van der Waals surface area contributed by atoms with Crippen LogP contribution < -0.4 is 11.0 Å². The number of carboxylic acid groups (broad SMARTS) is 1. The van der Waals surface area contributed by atoms with Crippen LogP contribution in [-0.4, -0.2) is 26.5 Å². The van der Waals surface area contributed by atoms with E-state index in [0.717, 1.165) is 36.8 Å². The summed E-state index contributed by atoms with van der Waals surface area (Å²) in [6.07, 6.45) is 4.23. The number of rotatable bonds is 4. The second kappa shape index (κ2) is 7.24. The van der Waals surface area contributed by atoms with Gasteiger partial charge in [-0.15, -0.1) is 0 Å². The van der Waals surface area contributed by atoms with Gasteiger partial charge in [0.1, 0.15) is 0 Å². The normalized spacial score (nSPS) is 14.4. The lowest BCUT2D eigenvalue weighted by molar-refractivity contribution is 0.0695. The van der Waals surface area contributed by atoms with E-state index in [2.05, 4.69) is 10.3 Å². The van der Waals surface area contributed by atoms with Gasteiger partial charge in [0.25, 0.3) is 5.91 Å². The first-order valence-corrected chi connectivity index (χ1v) is 9.75. The Balaban J connectivity index is 1.65. The fourth-order valence-corrected chi connectivity index (χ4v) is 4.21. The van der Waals surface area contributed by atoms with Crippen LogP contribution in [0.15, 0.2) is 35.1 Å². The Bertz CT molecular complexity index is 1180. The van der Waals surface area contributed by atoms with Crippen molar-refractivity contribution in [3.8, 4) is 0 Å². The molecule has 3 N–H and O–H groups in total. The summed E-state index contributed by atoms with van der Waals surface area (Å²) in [6, 6.07) is 8.58. The lowest BCUT2D eigenvalue weighted by Gasteiger charge is -2.12. The van der Waals surface area contributed by atoms with Crippen LogP contribution in [0.4, 0.5) is 5.69 Å². The molecule has 2 aromatic carbocycles. The lowest BCUT2D eigenvalue weighted by atomic mass is 10.0. The summed E-state index contributed by atoms with van der Waals surface area (Å²) in [6.45, 7) is 3.54. The maximum absolute atomic E-state index is 12.8. The van der Waals surface area contributed by atoms with E-state index in [1.165, 1.54) is 6.07 Å². The van der Waals surface area contributed by atoms with Gasteiger partial charge in [0.05, 0.1) is 16.6 Å². The zero-order valence-electron chi connectivity index (χ0n) is 16.4. The smallest absolute Gasteiger partial charge is 0.336 e. The average Bonchev–Trinajstić information content (AvgIpc) is 3.29.